The van der Waals surface area contributed by atoms with Crippen LogP contribution in [-0.4, -0.2) is 37.2 Å². The van der Waals surface area contributed by atoms with Crippen molar-refractivity contribution >= 4 is 34.1 Å². The van der Waals surface area contributed by atoms with Crippen LogP contribution in [0.5, 0.6) is 11.5 Å². The number of anilines is 1. The second-order valence-electron chi connectivity index (χ2n) is 6.63. The summed E-state index contributed by atoms with van der Waals surface area (Å²) < 4.78 is 15.7. The van der Waals surface area contributed by atoms with Crippen molar-refractivity contribution in [1.82, 2.24) is 5.32 Å². The number of carbonyl (C=O) groups excluding carboxylic acids is 3. The molecular formula is C20H22N2O6S. The highest BCUT2D eigenvalue weighted by atomic mass is 32.1. The van der Waals surface area contributed by atoms with Gasteiger partial charge in [0.15, 0.2) is 11.5 Å². The van der Waals surface area contributed by atoms with Crippen molar-refractivity contribution in [3.8, 4) is 11.5 Å². The first-order valence-electron chi connectivity index (χ1n) is 9.14. The third-order valence-electron chi connectivity index (χ3n) is 4.11. The van der Waals surface area contributed by atoms with Crippen molar-refractivity contribution in [3.05, 3.63) is 39.8 Å². The topological polar surface area (TPSA) is 103 Å². The van der Waals surface area contributed by atoms with Crippen LogP contribution in [0.3, 0.4) is 0 Å². The zero-order chi connectivity index (χ0) is 21.1. The molecule has 2 amide bonds. The average molecular weight is 418 g/mol. The number of hydrogen-bond acceptors (Lipinski definition) is 7. The van der Waals surface area contributed by atoms with Gasteiger partial charge >= 0.3 is 5.97 Å². The van der Waals surface area contributed by atoms with Crippen LogP contribution in [0.15, 0.2) is 18.2 Å². The second kappa shape index (κ2) is 8.52. The molecule has 2 aromatic rings. The molecule has 29 heavy (non-hydrogen) atoms. The molecule has 0 aliphatic carbocycles. The van der Waals surface area contributed by atoms with Crippen LogP contribution < -0.4 is 20.1 Å². The fraction of sp³-hybridized carbons (Fsp3) is 0.350. The quantitative estimate of drug-likeness (QED) is 0.698. The van der Waals surface area contributed by atoms with Gasteiger partial charge in [0.05, 0.1) is 17.0 Å². The van der Waals surface area contributed by atoms with Gasteiger partial charge in [0.2, 0.25) is 6.79 Å². The van der Waals surface area contributed by atoms with Crippen LogP contribution in [-0.2, 0) is 4.74 Å². The minimum absolute atomic E-state index is 0.0679. The minimum Gasteiger partial charge on any atom is -0.462 e. The number of esters is 1. The Kier molecular flexibility index (Phi) is 6.07. The normalized spacial score (nSPS) is 12.0. The molecule has 0 spiro atoms. The number of amides is 2. The summed E-state index contributed by atoms with van der Waals surface area (Å²) in [7, 11) is 0. The van der Waals surface area contributed by atoms with Gasteiger partial charge < -0.3 is 24.8 Å². The summed E-state index contributed by atoms with van der Waals surface area (Å²) in [6, 6.07) is 4.74. The molecule has 2 N–H and O–H groups in total. The Morgan fingerprint density at radius 2 is 1.90 bits per heavy atom. The maximum atomic E-state index is 12.8. The van der Waals surface area contributed by atoms with Gasteiger partial charge in [-0.3, -0.25) is 9.59 Å². The average Bonchev–Trinajstić information content (AvgIpc) is 3.24. The van der Waals surface area contributed by atoms with Crippen LogP contribution in [0.4, 0.5) is 5.00 Å². The largest absolute Gasteiger partial charge is 0.462 e. The van der Waals surface area contributed by atoms with Crippen molar-refractivity contribution in [2.75, 3.05) is 18.7 Å². The number of benzene rings is 1. The summed E-state index contributed by atoms with van der Waals surface area (Å²) in [5.41, 5.74) is 0.982. The van der Waals surface area contributed by atoms with Crippen molar-refractivity contribution in [2.45, 2.75) is 33.7 Å². The highest BCUT2D eigenvalue weighted by Crippen LogP contribution is 2.36. The Morgan fingerprint density at radius 1 is 1.17 bits per heavy atom. The van der Waals surface area contributed by atoms with E-state index in [9.17, 15) is 14.4 Å². The number of nitrogens with one attached hydrogen (secondary N) is 2. The molecule has 154 valence electrons. The van der Waals surface area contributed by atoms with Crippen LogP contribution >= 0.6 is 11.3 Å². The van der Waals surface area contributed by atoms with E-state index in [0.29, 0.717) is 27.5 Å². The van der Waals surface area contributed by atoms with Gasteiger partial charge in [-0.2, -0.15) is 0 Å². The van der Waals surface area contributed by atoms with E-state index in [1.54, 1.807) is 32.0 Å². The van der Waals surface area contributed by atoms with Crippen molar-refractivity contribution in [2.24, 2.45) is 0 Å². The fourth-order valence-corrected chi connectivity index (χ4v) is 3.90. The Morgan fingerprint density at radius 3 is 2.59 bits per heavy atom. The zero-order valence-electron chi connectivity index (χ0n) is 16.6. The molecule has 0 saturated heterocycles. The first kappa shape index (κ1) is 20.7. The minimum atomic E-state index is -0.592. The summed E-state index contributed by atoms with van der Waals surface area (Å²) in [5, 5.41) is 5.79. The van der Waals surface area contributed by atoms with E-state index in [0.717, 1.165) is 11.3 Å². The monoisotopic (exact) mass is 418 g/mol. The molecule has 0 atom stereocenters. The molecule has 0 radical (unpaired) electrons. The Hall–Kier alpha value is -3.07. The third kappa shape index (κ3) is 4.34. The van der Waals surface area contributed by atoms with E-state index in [1.807, 2.05) is 13.8 Å². The van der Waals surface area contributed by atoms with Crippen molar-refractivity contribution in [3.63, 3.8) is 0 Å². The molecule has 9 heteroatoms. The molecule has 1 aromatic carbocycles. The molecule has 1 aliphatic rings. The number of hydrogen-bond donors (Lipinski definition) is 2. The lowest BCUT2D eigenvalue weighted by Gasteiger charge is -2.08. The van der Waals surface area contributed by atoms with Gasteiger partial charge in [-0.25, -0.2) is 4.79 Å². The maximum absolute atomic E-state index is 12.8. The molecule has 1 aliphatic heterocycles. The van der Waals surface area contributed by atoms with Gasteiger partial charge in [0, 0.05) is 11.6 Å². The van der Waals surface area contributed by atoms with E-state index < -0.39 is 11.9 Å². The first-order chi connectivity index (χ1) is 13.8. The molecule has 0 fully saturated rings. The lowest BCUT2D eigenvalue weighted by Crippen LogP contribution is -2.29. The van der Waals surface area contributed by atoms with Gasteiger partial charge in [0.1, 0.15) is 5.00 Å². The van der Waals surface area contributed by atoms with Crippen LogP contribution in [0.2, 0.25) is 0 Å². The van der Waals surface area contributed by atoms with Gasteiger partial charge in [0.25, 0.3) is 11.8 Å². The standard InChI is InChI=1S/C20H22N2O6S/c1-5-26-20(25)15-11(4)16(18(24)21-10(2)3)29-19(15)22-17(23)12-6-7-13-14(8-12)28-9-27-13/h6-8,10H,5,9H2,1-4H3,(H,21,24)(H,22,23). The summed E-state index contributed by atoms with van der Waals surface area (Å²) in [4.78, 5) is 38.1. The molecule has 0 saturated carbocycles. The van der Waals surface area contributed by atoms with E-state index >= 15 is 0 Å². The highest BCUT2D eigenvalue weighted by Gasteiger charge is 2.27. The van der Waals surface area contributed by atoms with Crippen LogP contribution in [0.1, 0.15) is 56.7 Å². The lowest BCUT2D eigenvalue weighted by molar-refractivity contribution is 0.0527. The third-order valence-corrected chi connectivity index (χ3v) is 5.32. The summed E-state index contributed by atoms with van der Waals surface area (Å²) in [6.45, 7) is 7.32. The van der Waals surface area contributed by atoms with Crippen LogP contribution in [0, 0.1) is 6.92 Å². The van der Waals surface area contributed by atoms with Crippen LogP contribution in [0.25, 0.3) is 0 Å². The SMILES string of the molecule is CCOC(=O)c1c(NC(=O)c2ccc3c(c2)OCO3)sc(C(=O)NC(C)C)c1C. The summed E-state index contributed by atoms with van der Waals surface area (Å²) in [6.07, 6.45) is 0. The Bertz CT molecular complexity index is 966. The molecule has 1 aromatic heterocycles. The molecular weight excluding hydrogens is 396 g/mol. The predicted octanol–water partition coefficient (Wildman–Crippen LogP) is 3.35. The van der Waals surface area contributed by atoms with Gasteiger partial charge in [-0.05, 0) is 51.5 Å². The summed E-state index contributed by atoms with van der Waals surface area (Å²) in [5.74, 6) is -0.302. The predicted molar refractivity (Wildman–Crippen MR) is 108 cm³/mol. The molecule has 2 heterocycles. The first-order valence-corrected chi connectivity index (χ1v) is 9.95. The van der Waals surface area contributed by atoms with E-state index in [-0.39, 0.29) is 35.9 Å². The molecule has 0 unspecified atom stereocenters. The molecule has 8 nitrogen and oxygen atoms in total. The smallest absolute Gasteiger partial charge is 0.341 e. The van der Waals surface area contributed by atoms with Gasteiger partial charge in [-0.1, -0.05) is 0 Å². The molecule has 0 bridgehead atoms. The van der Waals surface area contributed by atoms with Crippen molar-refractivity contribution < 1.29 is 28.6 Å². The van der Waals surface area contributed by atoms with E-state index in [2.05, 4.69) is 10.6 Å². The number of rotatable bonds is 6. The van der Waals surface area contributed by atoms with Crippen molar-refractivity contribution in [1.29, 1.82) is 0 Å². The Balaban J connectivity index is 1.93. The maximum Gasteiger partial charge on any atom is 0.341 e. The zero-order valence-corrected chi connectivity index (χ0v) is 17.4. The van der Waals surface area contributed by atoms with E-state index in [4.69, 9.17) is 14.2 Å². The number of ether oxygens (including phenoxy) is 3. The number of carbonyl (C=O) groups is 3. The van der Waals surface area contributed by atoms with Gasteiger partial charge in [-0.15, -0.1) is 11.3 Å². The lowest BCUT2D eigenvalue weighted by atomic mass is 10.1. The van der Waals surface area contributed by atoms with E-state index in [1.165, 1.54) is 0 Å². The fourth-order valence-electron chi connectivity index (χ4n) is 2.81. The number of thiophene rings is 1. The number of fused-ring (bicyclic) bond motifs is 1. The summed E-state index contributed by atoms with van der Waals surface area (Å²) >= 11 is 1.04. The molecule has 3 rings (SSSR count). The Labute approximate surface area is 172 Å². The highest BCUT2D eigenvalue weighted by molar-refractivity contribution is 7.18. The second-order valence-corrected chi connectivity index (χ2v) is 7.65.